The number of hydrogen-bond donors (Lipinski definition) is 1. The van der Waals surface area contributed by atoms with E-state index in [9.17, 15) is 4.39 Å². The smallest absolute Gasteiger partial charge is 0.0906 e. The van der Waals surface area contributed by atoms with E-state index in [0.717, 1.165) is 30.8 Å². The fourth-order valence-corrected chi connectivity index (χ4v) is 2.23. The standard InChI is InChI=1S/C11H20FN/c12-6-1-7-13-8-11(9-2-3-9)10-4-5-10/h9-11,13H,1-8H2. The molecule has 0 aromatic rings. The number of hydrogen-bond acceptors (Lipinski definition) is 1. The highest BCUT2D eigenvalue weighted by molar-refractivity contribution is 4.92. The van der Waals surface area contributed by atoms with Crippen LogP contribution in [-0.4, -0.2) is 19.8 Å². The van der Waals surface area contributed by atoms with Crippen molar-refractivity contribution in [1.29, 1.82) is 0 Å². The molecular formula is C11H20FN. The molecule has 0 heterocycles. The van der Waals surface area contributed by atoms with Crippen LogP contribution in [-0.2, 0) is 0 Å². The fraction of sp³-hybridized carbons (Fsp3) is 1.00. The maximum absolute atomic E-state index is 11.8. The van der Waals surface area contributed by atoms with Gasteiger partial charge in [0.15, 0.2) is 0 Å². The van der Waals surface area contributed by atoms with E-state index in [-0.39, 0.29) is 6.67 Å². The number of alkyl halides is 1. The van der Waals surface area contributed by atoms with Crippen LogP contribution in [0.4, 0.5) is 4.39 Å². The zero-order valence-corrected chi connectivity index (χ0v) is 8.27. The van der Waals surface area contributed by atoms with Crippen LogP contribution in [0, 0.1) is 17.8 Å². The van der Waals surface area contributed by atoms with Gasteiger partial charge in [0, 0.05) is 0 Å². The molecule has 2 fully saturated rings. The average molecular weight is 185 g/mol. The first-order chi connectivity index (χ1) is 6.42. The Morgan fingerprint density at radius 3 is 2.23 bits per heavy atom. The van der Waals surface area contributed by atoms with Gasteiger partial charge < -0.3 is 5.32 Å². The van der Waals surface area contributed by atoms with E-state index in [1.807, 2.05) is 0 Å². The molecule has 0 aliphatic heterocycles. The van der Waals surface area contributed by atoms with E-state index >= 15 is 0 Å². The van der Waals surface area contributed by atoms with Crippen molar-refractivity contribution in [3.05, 3.63) is 0 Å². The van der Waals surface area contributed by atoms with Crippen molar-refractivity contribution in [1.82, 2.24) is 5.32 Å². The number of halogens is 1. The van der Waals surface area contributed by atoms with Crippen molar-refractivity contribution >= 4 is 0 Å². The molecule has 0 bridgehead atoms. The Balaban J connectivity index is 1.59. The van der Waals surface area contributed by atoms with Gasteiger partial charge in [0.2, 0.25) is 0 Å². The first-order valence-electron chi connectivity index (χ1n) is 5.68. The lowest BCUT2D eigenvalue weighted by atomic mass is 9.98. The predicted molar refractivity (Wildman–Crippen MR) is 52.4 cm³/mol. The van der Waals surface area contributed by atoms with Gasteiger partial charge in [-0.05, 0) is 62.9 Å². The highest BCUT2D eigenvalue weighted by Crippen LogP contribution is 2.48. The van der Waals surface area contributed by atoms with Crippen LogP contribution in [0.5, 0.6) is 0 Å². The van der Waals surface area contributed by atoms with Crippen molar-refractivity contribution in [2.75, 3.05) is 19.8 Å². The Bertz CT molecular complexity index is 140. The summed E-state index contributed by atoms with van der Waals surface area (Å²) in [4.78, 5) is 0. The molecule has 2 heteroatoms. The van der Waals surface area contributed by atoms with Gasteiger partial charge in [-0.2, -0.15) is 0 Å². The number of rotatable bonds is 7. The Morgan fingerprint density at radius 1 is 1.15 bits per heavy atom. The molecule has 0 amide bonds. The zero-order valence-electron chi connectivity index (χ0n) is 8.27. The second kappa shape index (κ2) is 4.41. The lowest BCUT2D eigenvalue weighted by Crippen LogP contribution is -2.26. The molecule has 0 aromatic heterocycles. The molecule has 1 N–H and O–H groups in total. The largest absolute Gasteiger partial charge is 0.316 e. The number of nitrogens with one attached hydrogen (secondary N) is 1. The molecule has 0 atom stereocenters. The summed E-state index contributed by atoms with van der Waals surface area (Å²) in [5.74, 6) is 2.97. The van der Waals surface area contributed by atoms with E-state index in [1.54, 1.807) is 0 Å². The third-order valence-electron chi connectivity index (χ3n) is 3.32. The molecule has 0 aromatic carbocycles. The van der Waals surface area contributed by atoms with Crippen molar-refractivity contribution in [3.8, 4) is 0 Å². The third kappa shape index (κ3) is 2.94. The second-order valence-corrected chi connectivity index (χ2v) is 4.59. The fourth-order valence-electron chi connectivity index (χ4n) is 2.23. The molecule has 2 aliphatic rings. The summed E-state index contributed by atoms with van der Waals surface area (Å²) in [5, 5.41) is 3.39. The van der Waals surface area contributed by atoms with Crippen LogP contribution in [0.2, 0.25) is 0 Å². The van der Waals surface area contributed by atoms with Gasteiger partial charge in [-0.15, -0.1) is 0 Å². The van der Waals surface area contributed by atoms with Gasteiger partial charge in [-0.3, -0.25) is 4.39 Å². The Morgan fingerprint density at radius 2 is 1.77 bits per heavy atom. The molecule has 2 rings (SSSR count). The monoisotopic (exact) mass is 185 g/mol. The molecule has 0 unspecified atom stereocenters. The lowest BCUT2D eigenvalue weighted by Gasteiger charge is -2.15. The highest BCUT2D eigenvalue weighted by Gasteiger charge is 2.40. The summed E-state index contributed by atoms with van der Waals surface area (Å²) in [6.07, 6.45) is 6.48. The van der Waals surface area contributed by atoms with Gasteiger partial charge >= 0.3 is 0 Å². The minimum absolute atomic E-state index is 0.176. The molecular weight excluding hydrogens is 165 g/mol. The van der Waals surface area contributed by atoms with Crippen LogP contribution >= 0.6 is 0 Å². The van der Waals surface area contributed by atoms with E-state index < -0.39 is 0 Å². The maximum Gasteiger partial charge on any atom is 0.0906 e. The zero-order chi connectivity index (χ0) is 9.10. The van der Waals surface area contributed by atoms with Crippen molar-refractivity contribution in [2.45, 2.75) is 32.1 Å². The topological polar surface area (TPSA) is 12.0 Å². The van der Waals surface area contributed by atoms with E-state index in [4.69, 9.17) is 0 Å². The van der Waals surface area contributed by atoms with Crippen LogP contribution in [0.25, 0.3) is 0 Å². The molecule has 0 saturated heterocycles. The maximum atomic E-state index is 11.8. The summed E-state index contributed by atoms with van der Waals surface area (Å²) in [5.41, 5.74) is 0. The minimum Gasteiger partial charge on any atom is -0.316 e. The van der Waals surface area contributed by atoms with Gasteiger partial charge in [0.1, 0.15) is 0 Å². The summed E-state index contributed by atoms with van der Waals surface area (Å²) >= 11 is 0. The van der Waals surface area contributed by atoms with Gasteiger partial charge in [0.05, 0.1) is 6.67 Å². The van der Waals surface area contributed by atoms with Crippen LogP contribution in [0.1, 0.15) is 32.1 Å². The summed E-state index contributed by atoms with van der Waals surface area (Å²) in [6, 6.07) is 0. The first kappa shape index (κ1) is 9.45. The van der Waals surface area contributed by atoms with Crippen LogP contribution in [0.15, 0.2) is 0 Å². The van der Waals surface area contributed by atoms with E-state index in [1.165, 1.54) is 25.7 Å². The molecule has 0 radical (unpaired) electrons. The highest BCUT2D eigenvalue weighted by atomic mass is 19.1. The molecule has 2 aliphatic carbocycles. The Labute approximate surface area is 80.1 Å². The van der Waals surface area contributed by atoms with Crippen molar-refractivity contribution in [3.63, 3.8) is 0 Å². The summed E-state index contributed by atoms with van der Waals surface area (Å²) < 4.78 is 11.8. The molecule has 1 nitrogen and oxygen atoms in total. The summed E-state index contributed by atoms with van der Waals surface area (Å²) in [6.45, 7) is 1.84. The average Bonchev–Trinajstić information content (AvgIpc) is 2.99. The summed E-state index contributed by atoms with van der Waals surface area (Å²) in [7, 11) is 0. The van der Waals surface area contributed by atoms with Gasteiger partial charge in [0.25, 0.3) is 0 Å². The van der Waals surface area contributed by atoms with Gasteiger partial charge in [-0.1, -0.05) is 0 Å². The van der Waals surface area contributed by atoms with Crippen LogP contribution in [0.3, 0.4) is 0 Å². The minimum atomic E-state index is -0.176. The van der Waals surface area contributed by atoms with Crippen molar-refractivity contribution in [2.24, 2.45) is 17.8 Å². The normalized spacial score (nSPS) is 22.6. The molecule has 0 spiro atoms. The quantitative estimate of drug-likeness (QED) is 0.600. The van der Waals surface area contributed by atoms with Crippen LogP contribution < -0.4 is 5.32 Å². The first-order valence-corrected chi connectivity index (χ1v) is 5.68. The van der Waals surface area contributed by atoms with Gasteiger partial charge in [-0.25, -0.2) is 0 Å². The molecule has 13 heavy (non-hydrogen) atoms. The Kier molecular flexibility index (Phi) is 3.20. The van der Waals surface area contributed by atoms with E-state index in [2.05, 4.69) is 5.32 Å². The third-order valence-corrected chi connectivity index (χ3v) is 3.32. The molecule has 76 valence electrons. The van der Waals surface area contributed by atoms with E-state index in [0.29, 0.717) is 6.42 Å². The molecule has 2 saturated carbocycles. The lowest BCUT2D eigenvalue weighted by molar-refractivity contribution is 0.370. The SMILES string of the molecule is FCCCNCC(C1CC1)C1CC1. The Hall–Kier alpha value is -0.110. The van der Waals surface area contributed by atoms with Crippen molar-refractivity contribution < 1.29 is 4.39 Å². The predicted octanol–water partition coefficient (Wildman–Crippen LogP) is 2.37. The second-order valence-electron chi connectivity index (χ2n) is 4.59.